The number of piperidine rings is 1. The minimum absolute atomic E-state index is 0. The first-order valence-electron chi connectivity index (χ1n) is 7.50. The fourth-order valence-electron chi connectivity index (χ4n) is 2.67. The number of halogens is 2. The first-order valence-corrected chi connectivity index (χ1v) is 7.50. The molecule has 0 saturated carbocycles. The van der Waals surface area contributed by atoms with E-state index in [0.29, 0.717) is 17.9 Å². The summed E-state index contributed by atoms with van der Waals surface area (Å²) in [5.41, 5.74) is 6.02. The van der Waals surface area contributed by atoms with Gasteiger partial charge in [0, 0.05) is 25.3 Å². The fourth-order valence-corrected chi connectivity index (χ4v) is 2.67. The molecule has 2 aromatic rings. The van der Waals surface area contributed by atoms with E-state index >= 15 is 0 Å². The minimum atomic E-state index is -0.0975. The quantitative estimate of drug-likeness (QED) is 0.860. The van der Waals surface area contributed by atoms with Gasteiger partial charge >= 0.3 is 0 Å². The Morgan fingerprint density at radius 1 is 1.33 bits per heavy atom. The molecular formula is C16H22Cl2N4O2. The Kier molecular flexibility index (Phi) is 8.04. The Bertz CT molecular complexity index is 628. The van der Waals surface area contributed by atoms with Gasteiger partial charge in [0.1, 0.15) is 17.8 Å². The second-order valence-electron chi connectivity index (χ2n) is 5.43. The molecule has 0 radical (unpaired) electrons. The molecule has 0 aliphatic carbocycles. The molecule has 1 aliphatic rings. The SMILES string of the molecule is Cl.Cl.NCc1cc(C(=O)NC2CCN(c3ccccn3)CC2)co1. The standard InChI is InChI=1S/C16H20N4O2.2ClH/c17-10-14-9-12(11-22-14)16(21)19-13-4-7-20(8-5-13)15-3-1-2-6-18-15;;/h1-3,6,9,11,13H,4-5,7-8,10,17H2,(H,19,21);2*1H. The van der Waals surface area contributed by atoms with Crippen LogP contribution in [0.5, 0.6) is 0 Å². The van der Waals surface area contributed by atoms with Crippen molar-refractivity contribution in [2.75, 3.05) is 18.0 Å². The predicted octanol–water partition coefficient (Wildman–Crippen LogP) is 2.38. The van der Waals surface area contributed by atoms with E-state index in [1.54, 1.807) is 12.3 Å². The summed E-state index contributed by atoms with van der Waals surface area (Å²) >= 11 is 0. The zero-order chi connectivity index (χ0) is 15.4. The van der Waals surface area contributed by atoms with E-state index in [1.807, 2.05) is 18.2 Å². The third-order valence-electron chi connectivity index (χ3n) is 3.92. The van der Waals surface area contributed by atoms with E-state index in [0.717, 1.165) is 31.7 Å². The molecule has 2 aromatic heterocycles. The van der Waals surface area contributed by atoms with Crippen LogP contribution in [0.3, 0.4) is 0 Å². The molecule has 3 rings (SSSR count). The summed E-state index contributed by atoms with van der Waals surface area (Å²) in [6.07, 6.45) is 5.07. The van der Waals surface area contributed by atoms with E-state index in [1.165, 1.54) is 6.26 Å². The summed E-state index contributed by atoms with van der Waals surface area (Å²) < 4.78 is 5.20. The zero-order valence-electron chi connectivity index (χ0n) is 13.2. The van der Waals surface area contributed by atoms with Crippen molar-refractivity contribution in [3.8, 4) is 0 Å². The largest absolute Gasteiger partial charge is 0.467 e. The lowest BCUT2D eigenvalue weighted by Gasteiger charge is -2.33. The van der Waals surface area contributed by atoms with Gasteiger partial charge in [-0.05, 0) is 31.0 Å². The molecule has 8 heteroatoms. The Morgan fingerprint density at radius 3 is 2.67 bits per heavy atom. The average Bonchev–Trinajstić information content (AvgIpc) is 3.06. The van der Waals surface area contributed by atoms with Crippen molar-refractivity contribution in [3.05, 3.63) is 48.0 Å². The number of nitrogens with two attached hydrogens (primary N) is 1. The monoisotopic (exact) mass is 372 g/mol. The number of aromatic nitrogens is 1. The van der Waals surface area contributed by atoms with Crippen LogP contribution in [0.4, 0.5) is 5.82 Å². The number of carbonyl (C=O) groups excluding carboxylic acids is 1. The highest BCUT2D eigenvalue weighted by Gasteiger charge is 2.22. The Labute approximate surface area is 153 Å². The number of furan rings is 1. The lowest BCUT2D eigenvalue weighted by molar-refractivity contribution is 0.0930. The molecule has 0 spiro atoms. The molecule has 1 saturated heterocycles. The molecule has 0 unspecified atom stereocenters. The Balaban J connectivity index is 0.00000144. The van der Waals surface area contributed by atoms with Gasteiger partial charge in [-0.3, -0.25) is 4.79 Å². The lowest BCUT2D eigenvalue weighted by Crippen LogP contribution is -2.44. The van der Waals surface area contributed by atoms with Crippen molar-refractivity contribution < 1.29 is 9.21 Å². The molecule has 3 heterocycles. The number of anilines is 1. The lowest BCUT2D eigenvalue weighted by atomic mass is 10.0. The number of amides is 1. The topological polar surface area (TPSA) is 84.4 Å². The van der Waals surface area contributed by atoms with Crippen LogP contribution in [0, 0.1) is 0 Å². The van der Waals surface area contributed by atoms with Crippen molar-refractivity contribution in [1.82, 2.24) is 10.3 Å². The highest BCUT2D eigenvalue weighted by molar-refractivity contribution is 5.94. The third-order valence-corrected chi connectivity index (χ3v) is 3.92. The van der Waals surface area contributed by atoms with Crippen molar-refractivity contribution in [2.45, 2.75) is 25.4 Å². The molecule has 1 aliphatic heterocycles. The van der Waals surface area contributed by atoms with Gasteiger partial charge < -0.3 is 20.4 Å². The highest BCUT2D eigenvalue weighted by atomic mass is 35.5. The number of hydrogen-bond donors (Lipinski definition) is 2. The molecule has 132 valence electrons. The van der Waals surface area contributed by atoms with Crippen LogP contribution >= 0.6 is 24.8 Å². The van der Waals surface area contributed by atoms with Crippen LogP contribution in [0.15, 0.2) is 41.1 Å². The second kappa shape index (κ2) is 9.52. The normalized spacial score (nSPS) is 14.5. The van der Waals surface area contributed by atoms with Crippen LogP contribution in [-0.4, -0.2) is 30.0 Å². The number of carbonyl (C=O) groups is 1. The van der Waals surface area contributed by atoms with E-state index in [-0.39, 0.29) is 36.8 Å². The summed E-state index contributed by atoms with van der Waals surface area (Å²) in [4.78, 5) is 18.8. The summed E-state index contributed by atoms with van der Waals surface area (Å²) in [7, 11) is 0. The van der Waals surface area contributed by atoms with Crippen LogP contribution in [0.1, 0.15) is 29.0 Å². The number of nitrogens with zero attached hydrogens (tertiary/aromatic N) is 2. The maximum absolute atomic E-state index is 12.2. The number of hydrogen-bond acceptors (Lipinski definition) is 5. The maximum Gasteiger partial charge on any atom is 0.254 e. The molecule has 1 fully saturated rings. The van der Waals surface area contributed by atoms with Crippen molar-refractivity contribution >= 4 is 36.5 Å². The first-order chi connectivity index (χ1) is 10.8. The maximum atomic E-state index is 12.2. The molecular weight excluding hydrogens is 351 g/mol. The van der Waals surface area contributed by atoms with E-state index in [9.17, 15) is 4.79 Å². The summed E-state index contributed by atoms with van der Waals surface area (Å²) in [5, 5.41) is 3.06. The van der Waals surface area contributed by atoms with Crippen LogP contribution in [0.25, 0.3) is 0 Å². The van der Waals surface area contributed by atoms with Gasteiger partial charge in [-0.2, -0.15) is 0 Å². The van der Waals surface area contributed by atoms with Crippen LogP contribution in [0.2, 0.25) is 0 Å². The van der Waals surface area contributed by atoms with Crippen molar-refractivity contribution in [1.29, 1.82) is 0 Å². The minimum Gasteiger partial charge on any atom is -0.467 e. The molecule has 6 nitrogen and oxygen atoms in total. The molecule has 24 heavy (non-hydrogen) atoms. The number of nitrogens with one attached hydrogen (secondary N) is 1. The highest BCUT2D eigenvalue weighted by Crippen LogP contribution is 2.17. The number of rotatable bonds is 4. The van der Waals surface area contributed by atoms with Crippen LogP contribution < -0.4 is 16.0 Å². The second-order valence-corrected chi connectivity index (χ2v) is 5.43. The van der Waals surface area contributed by atoms with Gasteiger partial charge in [0.15, 0.2) is 0 Å². The first kappa shape index (κ1) is 20.3. The van der Waals surface area contributed by atoms with Gasteiger partial charge in [-0.25, -0.2) is 4.98 Å². The Morgan fingerprint density at radius 2 is 2.08 bits per heavy atom. The third kappa shape index (κ3) is 4.87. The Hall–Kier alpha value is -1.76. The predicted molar refractivity (Wildman–Crippen MR) is 98.0 cm³/mol. The van der Waals surface area contributed by atoms with Gasteiger partial charge in [-0.1, -0.05) is 6.07 Å². The summed E-state index contributed by atoms with van der Waals surface area (Å²) in [5.74, 6) is 1.52. The van der Waals surface area contributed by atoms with E-state index in [4.69, 9.17) is 10.2 Å². The zero-order valence-corrected chi connectivity index (χ0v) is 14.8. The molecule has 0 bridgehead atoms. The van der Waals surface area contributed by atoms with Gasteiger partial charge in [0.05, 0.1) is 12.1 Å². The van der Waals surface area contributed by atoms with Gasteiger partial charge in [0.25, 0.3) is 5.91 Å². The smallest absolute Gasteiger partial charge is 0.254 e. The molecule has 0 aromatic carbocycles. The summed E-state index contributed by atoms with van der Waals surface area (Å²) in [6, 6.07) is 7.79. The van der Waals surface area contributed by atoms with Crippen molar-refractivity contribution in [3.63, 3.8) is 0 Å². The van der Waals surface area contributed by atoms with E-state index < -0.39 is 0 Å². The summed E-state index contributed by atoms with van der Waals surface area (Å²) in [6.45, 7) is 2.08. The van der Waals surface area contributed by atoms with Crippen molar-refractivity contribution in [2.24, 2.45) is 5.73 Å². The average molecular weight is 373 g/mol. The van der Waals surface area contributed by atoms with Crippen LogP contribution in [-0.2, 0) is 6.54 Å². The fraction of sp³-hybridized carbons (Fsp3) is 0.375. The number of pyridine rings is 1. The van der Waals surface area contributed by atoms with Gasteiger partial charge in [0.2, 0.25) is 0 Å². The molecule has 0 atom stereocenters. The van der Waals surface area contributed by atoms with E-state index in [2.05, 4.69) is 15.2 Å². The molecule has 3 N–H and O–H groups in total. The molecule has 1 amide bonds. The van der Waals surface area contributed by atoms with Gasteiger partial charge in [-0.15, -0.1) is 24.8 Å².